The molecule has 5 heteroatoms. The molecule has 1 aromatic heterocycles. The van der Waals surface area contributed by atoms with Crippen LogP contribution in [0.25, 0.3) is 23.4 Å². The molecule has 1 heterocycles. The third-order valence-electron chi connectivity index (χ3n) is 3.68. The molecule has 0 atom stereocenters. The highest BCUT2D eigenvalue weighted by atomic mass is 16.6. The van der Waals surface area contributed by atoms with Gasteiger partial charge in [-0.05, 0) is 50.6 Å². The van der Waals surface area contributed by atoms with E-state index in [2.05, 4.69) is 15.5 Å². The number of aromatic amines is 1. The van der Waals surface area contributed by atoms with Crippen LogP contribution in [0.2, 0.25) is 0 Å². The van der Waals surface area contributed by atoms with Crippen LogP contribution in [-0.2, 0) is 4.74 Å². The zero-order valence-electron chi connectivity index (χ0n) is 15.7. The quantitative estimate of drug-likeness (QED) is 0.636. The molecule has 0 aliphatic heterocycles. The second-order valence-corrected chi connectivity index (χ2v) is 7.16. The van der Waals surface area contributed by atoms with Gasteiger partial charge in [0.15, 0.2) is 0 Å². The molecule has 0 aliphatic carbocycles. The lowest BCUT2D eigenvalue weighted by Gasteiger charge is -2.19. The molecule has 27 heavy (non-hydrogen) atoms. The van der Waals surface area contributed by atoms with Crippen LogP contribution in [0.3, 0.4) is 0 Å². The van der Waals surface area contributed by atoms with Gasteiger partial charge in [-0.1, -0.05) is 48.5 Å². The fourth-order valence-corrected chi connectivity index (χ4v) is 2.47. The van der Waals surface area contributed by atoms with Gasteiger partial charge in [-0.25, -0.2) is 4.79 Å². The first-order valence-corrected chi connectivity index (χ1v) is 8.78. The van der Waals surface area contributed by atoms with Gasteiger partial charge in [0, 0.05) is 11.3 Å². The van der Waals surface area contributed by atoms with E-state index in [0.29, 0.717) is 5.69 Å². The largest absolute Gasteiger partial charge is 0.444 e. The molecule has 0 saturated carbocycles. The van der Waals surface area contributed by atoms with E-state index in [1.54, 1.807) is 0 Å². The van der Waals surface area contributed by atoms with Crippen LogP contribution >= 0.6 is 0 Å². The van der Waals surface area contributed by atoms with E-state index in [9.17, 15) is 4.79 Å². The summed E-state index contributed by atoms with van der Waals surface area (Å²) < 4.78 is 5.25. The monoisotopic (exact) mass is 361 g/mol. The average molecular weight is 361 g/mol. The van der Waals surface area contributed by atoms with Crippen molar-refractivity contribution in [2.24, 2.45) is 0 Å². The number of benzene rings is 2. The number of rotatable bonds is 4. The predicted molar refractivity (Wildman–Crippen MR) is 109 cm³/mol. The maximum Gasteiger partial charge on any atom is 0.412 e. The third-order valence-corrected chi connectivity index (χ3v) is 3.68. The molecule has 0 unspecified atom stereocenters. The molecule has 0 spiro atoms. The molecule has 1 amide bonds. The van der Waals surface area contributed by atoms with Crippen LogP contribution in [0.5, 0.6) is 0 Å². The number of nitrogens with one attached hydrogen (secondary N) is 2. The molecular weight excluding hydrogens is 338 g/mol. The van der Waals surface area contributed by atoms with E-state index < -0.39 is 11.7 Å². The van der Waals surface area contributed by atoms with Gasteiger partial charge in [0.25, 0.3) is 0 Å². The van der Waals surface area contributed by atoms with Crippen LogP contribution < -0.4 is 5.32 Å². The van der Waals surface area contributed by atoms with Gasteiger partial charge in [0.2, 0.25) is 0 Å². The summed E-state index contributed by atoms with van der Waals surface area (Å²) in [5.74, 6) is 0. The molecule has 0 bridgehead atoms. The Hall–Kier alpha value is -3.34. The highest BCUT2D eigenvalue weighted by Crippen LogP contribution is 2.21. The van der Waals surface area contributed by atoms with E-state index in [4.69, 9.17) is 4.74 Å². The number of hydrogen-bond donors (Lipinski definition) is 2. The Kier molecular flexibility index (Phi) is 5.41. The summed E-state index contributed by atoms with van der Waals surface area (Å²) in [5, 5.41) is 10.1. The molecule has 0 radical (unpaired) electrons. The normalized spacial score (nSPS) is 11.5. The van der Waals surface area contributed by atoms with Crippen molar-refractivity contribution in [2.45, 2.75) is 26.4 Å². The second kappa shape index (κ2) is 7.91. The number of aromatic nitrogens is 2. The summed E-state index contributed by atoms with van der Waals surface area (Å²) in [6.45, 7) is 5.49. The highest BCUT2D eigenvalue weighted by Gasteiger charge is 2.16. The number of carbonyl (C=O) groups excluding carboxylic acids is 1. The average Bonchev–Trinajstić information content (AvgIpc) is 3.09. The van der Waals surface area contributed by atoms with Gasteiger partial charge in [-0.3, -0.25) is 10.4 Å². The van der Waals surface area contributed by atoms with Gasteiger partial charge in [-0.15, -0.1) is 0 Å². The molecule has 2 aromatic carbocycles. The lowest BCUT2D eigenvalue weighted by atomic mass is 10.1. The van der Waals surface area contributed by atoms with Crippen LogP contribution in [0.15, 0.2) is 60.7 Å². The zero-order valence-corrected chi connectivity index (χ0v) is 15.7. The summed E-state index contributed by atoms with van der Waals surface area (Å²) in [6, 6.07) is 19.6. The van der Waals surface area contributed by atoms with Crippen molar-refractivity contribution in [2.75, 3.05) is 5.32 Å². The molecule has 0 saturated heterocycles. The van der Waals surface area contributed by atoms with Gasteiger partial charge in [0.1, 0.15) is 5.60 Å². The molecule has 2 N–H and O–H groups in total. The Labute approximate surface area is 159 Å². The number of nitrogens with zero attached hydrogens (tertiary/aromatic N) is 1. The number of carbonyl (C=O) groups is 1. The maximum absolute atomic E-state index is 11.8. The number of H-pyrrole nitrogens is 1. The maximum atomic E-state index is 11.8. The Balaban J connectivity index is 1.65. The number of anilines is 1. The van der Waals surface area contributed by atoms with Crippen LogP contribution in [0, 0.1) is 0 Å². The number of amides is 1. The standard InChI is InChI=1S/C22H23N3O2/c1-22(2,3)27-21(26)23-18-13-10-17(11-14-18)20-15-19(24-25-20)12-9-16-7-5-4-6-8-16/h4-15H,1-3H3,(H,23,26)(H,24,25)/b12-9+. The Bertz CT molecular complexity index is 920. The third kappa shape index (κ3) is 5.57. The molecule has 3 aromatic rings. The molecular formula is C22H23N3O2. The molecule has 0 fully saturated rings. The fourth-order valence-electron chi connectivity index (χ4n) is 2.47. The van der Waals surface area contributed by atoms with Gasteiger partial charge in [0.05, 0.1) is 11.4 Å². The van der Waals surface area contributed by atoms with E-state index >= 15 is 0 Å². The smallest absolute Gasteiger partial charge is 0.412 e. The number of ether oxygens (including phenoxy) is 1. The Morgan fingerprint density at radius 1 is 1.04 bits per heavy atom. The van der Waals surface area contributed by atoms with Gasteiger partial charge in [-0.2, -0.15) is 5.10 Å². The molecule has 138 valence electrons. The van der Waals surface area contributed by atoms with Crippen molar-refractivity contribution in [3.05, 3.63) is 71.9 Å². The molecule has 5 nitrogen and oxygen atoms in total. The Morgan fingerprint density at radius 2 is 1.74 bits per heavy atom. The van der Waals surface area contributed by atoms with Gasteiger partial charge >= 0.3 is 6.09 Å². The second-order valence-electron chi connectivity index (χ2n) is 7.16. The van der Waals surface area contributed by atoms with Crippen molar-refractivity contribution < 1.29 is 9.53 Å². The summed E-state index contributed by atoms with van der Waals surface area (Å²) in [6.07, 6.45) is 3.55. The van der Waals surface area contributed by atoms with Crippen LogP contribution in [-0.4, -0.2) is 21.9 Å². The van der Waals surface area contributed by atoms with E-state index in [1.807, 2.05) is 93.6 Å². The SMILES string of the molecule is CC(C)(C)OC(=O)Nc1ccc(-c2cc(/C=C/c3ccccc3)[nH]n2)cc1. The first-order chi connectivity index (χ1) is 12.9. The molecule has 3 rings (SSSR count). The lowest BCUT2D eigenvalue weighted by molar-refractivity contribution is 0.0636. The van der Waals surface area contributed by atoms with Crippen molar-refractivity contribution >= 4 is 23.9 Å². The summed E-state index contributed by atoms with van der Waals surface area (Å²) >= 11 is 0. The first kappa shape index (κ1) is 18.5. The predicted octanol–water partition coefficient (Wildman–Crippen LogP) is 5.59. The first-order valence-electron chi connectivity index (χ1n) is 8.78. The van der Waals surface area contributed by atoms with E-state index in [0.717, 1.165) is 22.5 Å². The topological polar surface area (TPSA) is 67.0 Å². The van der Waals surface area contributed by atoms with Crippen molar-refractivity contribution in [3.63, 3.8) is 0 Å². The lowest BCUT2D eigenvalue weighted by Crippen LogP contribution is -2.27. The molecule has 0 aliphatic rings. The Morgan fingerprint density at radius 3 is 2.41 bits per heavy atom. The summed E-state index contributed by atoms with van der Waals surface area (Å²) in [5.41, 5.74) is 4.00. The fraction of sp³-hybridized carbons (Fsp3) is 0.182. The van der Waals surface area contributed by atoms with Crippen LogP contribution in [0.4, 0.5) is 10.5 Å². The van der Waals surface area contributed by atoms with E-state index in [1.165, 1.54) is 0 Å². The van der Waals surface area contributed by atoms with Gasteiger partial charge < -0.3 is 4.74 Å². The van der Waals surface area contributed by atoms with E-state index in [-0.39, 0.29) is 0 Å². The zero-order chi connectivity index (χ0) is 19.3. The minimum atomic E-state index is -0.525. The van der Waals surface area contributed by atoms with Crippen molar-refractivity contribution in [1.29, 1.82) is 0 Å². The highest BCUT2D eigenvalue weighted by molar-refractivity contribution is 5.85. The van der Waals surface area contributed by atoms with Crippen molar-refractivity contribution in [1.82, 2.24) is 10.2 Å². The minimum absolute atomic E-state index is 0.469. The van der Waals surface area contributed by atoms with Crippen LogP contribution in [0.1, 0.15) is 32.0 Å². The summed E-state index contributed by atoms with van der Waals surface area (Å²) in [7, 11) is 0. The summed E-state index contributed by atoms with van der Waals surface area (Å²) in [4.78, 5) is 11.8. The van der Waals surface area contributed by atoms with Crippen molar-refractivity contribution in [3.8, 4) is 11.3 Å². The minimum Gasteiger partial charge on any atom is -0.444 e. The number of hydrogen-bond acceptors (Lipinski definition) is 3.